The lowest BCUT2D eigenvalue weighted by atomic mass is 9.96. The predicted molar refractivity (Wildman–Crippen MR) is 144 cm³/mol. The Balaban J connectivity index is 1.38. The van der Waals surface area contributed by atoms with Crippen molar-refractivity contribution >= 4 is 34.9 Å². The third-order valence-corrected chi connectivity index (χ3v) is 6.40. The summed E-state index contributed by atoms with van der Waals surface area (Å²) in [6, 6.07) is 25.3. The molecule has 1 aliphatic heterocycles. The van der Waals surface area contributed by atoms with Gasteiger partial charge < -0.3 is 4.52 Å². The minimum Gasteiger partial charge on any atom is -0.336 e. The number of nitrogens with one attached hydrogen (secondary N) is 3. The summed E-state index contributed by atoms with van der Waals surface area (Å²) >= 11 is 6.20. The second-order valence-corrected chi connectivity index (χ2v) is 9.17. The molecule has 9 nitrogen and oxygen atoms in total. The molecule has 0 spiro atoms. The average Bonchev–Trinajstić information content (AvgIpc) is 3.50. The largest absolute Gasteiger partial charge is 0.336 e. The van der Waals surface area contributed by atoms with Crippen molar-refractivity contribution in [2.24, 2.45) is 0 Å². The topological polar surface area (TPSA) is 104 Å². The van der Waals surface area contributed by atoms with Crippen LogP contribution in [0.4, 0.5) is 23.3 Å². The van der Waals surface area contributed by atoms with Gasteiger partial charge in [-0.15, -0.1) is 10.2 Å². The predicted octanol–water partition coefficient (Wildman–Crippen LogP) is 6.17. The first-order valence-corrected chi connectivity index (χ1v) is 12.1. The lowest BCUT2D eigenvalue weighted by molar-refractivity contribution is 0.435. The van der Waals surface area contributed by atoms with Crippen LogP contribution in [-0.2, 0) is 0 Å². The minimum atomic E-state index is -0.337. The smallest absolute Gasteiger partial charge is 0.267 e. The van der Waals surface area contributed by atoms with Crippen LogP contribution < -0.4 is 21.3 Å². The Bertz CT molecular complexity index is 1540. The van der Waals surface area contributed by atoms with E-state index in [4.69, 9.17) is 21.1 Å². The zero-order valence-corrected chi connectivity index (χ0v) is 20.9. The van der Waals surface area contributed by atoms with Gasteiger partial charge in [-0.25, -0.2) is 5.01 Å². The number of aromatic nitrogens is 4. The monoisotopic (exact) mass is 510 g/mol. The fraction of sp³-hybridized carbons (Fsp3) is 0.111. The molecule has 0 amide bonds. The molecular weight excluding hydrogens is 488 g/mol. The Labute approximate surface area is 218 Å². The molecule has 0 fully saturated rings. The molecular formula is C27H23ClN8O. The zero-order valence-electron chi connectivity index (χ0n) is 20.1. The second-order valence-electron chi connectivity index (χ2n) is 8.74. The Morgan fingerprint density at radius 1 is 0.892 bits per heavy atom. The van der Waals surface area contributed by atoms with Crippen LogP contribution in [0.3, 0.4) is 0 Å². The lowest BCUT2D eigenvalue weighted by Crippen LogP contribution is -2.31. The maximum atomic E-state index is 6.20. The van der Waals surface area contributed by atoms with Gasteiger partial charge in [-0.3, -0.25) is 16.3 Å². The van der Waals surface area contributed by atoms with Crippen LogP contribution in [0, 0.1) is 13.8 Å². The van der Waals surface area contributed by atoms with E-state index in [9.17, 15) is 0 Å². The van der Waals surface area contributed by atoms with E-state index >= 15 is 0 Å². The van der Waals surface area contributed by atoms with Crippen molar-refractivity contribution in [2.75, 3.05) is 21.3 Å². The molecule has 6 rings (SSSR count). The highest BCUT2D eigenvalue weighted by molar-refractivity contribution is 6.30. The first-order valence-electron chi connectivity index (χ1n) is 11.7. The third kappa shape index (κ3) is 4.41. The molecule has 3 N–H and O–H groups in total. The van der Waals surface area contributed by atoms with Crippen LogP contribution in [0.5, 0.6) is 0 Å². The Kier molecular flexibility index (Phi) is 5.82. The number of hydrazine groups is 2. The number of anilines is 4. The molecule has 1 aliphatic rings. The van der Waals surface area contributed by atoms with Crippen molar-refractivity contribution in [3.63, 3.8) is 0 Å². The summed E-state index contributed by atoms with van der Waals surface area (Å²) in [6.45, 7) is 3.89. The van der Waals surface area contributed by atoms with E-state index in [1.807, 2.05) is 97.7 Å². The Hall–Kier alpha value is -4.63. The number of fused-ring (bicyclic) bond motifs is 1. The molecule has 10 heteroatoms. The van der Waals surface area contributed by atoms with E-state index in [0.29, 0.717) is 28.4 Å². The first kappa shape index (κ1) is 22.8. The van der Waals surface area contributed by atoms with Gasteiger partial charge in [0.15, 0.2) is 5.82 Å². The summed E-state index contributed by atoms with van der Waals surface area (Å²) < 4.78 is 5.72. The van der Waals surface area contributed by atoms with E-state index in [2.05, 4.69) is 31.6 Å². The van der Waals surface area contributed by atoms with E-state index in [0.717, 1.165) is 28.1 Å². The molecule has 184 valence electrons. The molecule has 1 atom stereocenters. The molecule has 0 saturated heterocycles. The summed E-state index contributed by atoms with van der Waals surface area (Å²) in [7, 11) is 0. The normalized spacial score (nSPS) is 14.2. The summed E-state index contributed by atoms with van der Waals surface area (Å²) in [6.07, 6.45) is 0. The molecule has 1 unspecified atom stereocenters. The molecule has 0 saturated carbocycles. The van der Waals surface area contributed by atoms with Crippen LogP contribution in [0.1, 0.15) is 28.4 Å². The van der Waals surface area contributed by atoms with Crippen molar-refractivity contribution in [2.45, 2.75) is 19.9 Å². The average molecular weight is 511 g/mol. The first-order chi connectivity index (χ1) is 18.1. The van der Waals surface area contributed by atoms with Crippen LogP contribution >= 0.6 is 11.6 Å². The number of halogens is 1. The van der Waals surface area contributed by atoms with Gasteiger partial charge in [0, 0.05) is 10.6 Å². The Morgan fingerprint density at radius 3 is 2.41 bits per heavy atom. The molecule has 3 aromatic carbocycles. The number of hydrogen-bond donors (Lipinski definition) is 3. The lowest BCUT2D eigenvalue weighted by Gasteiger charge is -2.25. The fourth-order valence-electron chi connectivity index (χ4n) is 4.22. The van der Waals surface area contributed by atoms with Crippen molar-refractivity contribution in [1.82, 2.24) is 20.3 Å². The van der Waals surface area contributed by atoms with Gasteiger partial charge in [0.25, 0.3) is 5.95 Å². The standard InChI is InChI=1S/C27H23ClN8O/c1-16-8-14-21(15-9-16)31-32-25-17(2)30-33-27(29-25)36-24(19-10-12-20(28)13-11-19)22-23(35-37-26(22)34-36)18-6-4-3-5-7-18/h3-15,24,31,34H,1-2H3,(H,29,32,33). The number of aryl methyl sites for hydroxylation is 2. The molecule has 37 heavy (non-hydrogen) atoms. The number of nitrogens with zero attached hydrogens (tertiary/aromatic N) is 5. The van der Waals surface area contributed by atoms with Gasteiger partial charge in [-0.1, -0.05) is 76.9 Å². The minimum absolute atomic E-state index is 0.337. The second kappa shape index (κ2) is 9.44. The zero-order chi connectivity index (χ0) is 25.4. The third-order valence-electron chi connectivity index (χ3n) is 6.15. The van der Waals surface area contributed by atoms with Crippen LogP contribution in [0.15, 0.2) is 83.4 Å². The number of benzene rings is 3. The molecule has 5 aromatic rings. The maximum absolute atomic E-state index is 6.20. The molecule has 0 radical (unpaired) electrons. The van der Waals surface area contributed by atoms with E-state index < -0.39 is 0 Å². The van der Waals surface area contributed by atoms with Gasteiger partial charge in [-0.2, -0.15) is 4.98 Å². The van der Waals surface area contributed by atoms with Gasteiger partial charge in [0.1, 0.15) is 17.4 Å². The van der Waals surface area contributed by atoms with Crippen molar-refractivity contribution in [3.8, 4) is 11.3 Å². The van der Waals surface area contributed by atoms with Crippen LogP contribution in [0.25, 0.3) is 11.3 Å². The highest BCUT2D eigenvalue weighted by Crippen LogP contribution is 2.46. The molecule has 3 heterocycles. The molecule has 0 aliphatic carbocycles. The van der Waals surface area contributed by atoms with E-state index in [-0.39, 0.29) is 6.04 Å². The van der Waals surface area contributed by atoms with Gasteiger partial charge >= 0.3 is 0 Å². The number of hydrogen-bond acceptors (Lipinski definition) is 9. The number of rotatable bonds is 6. The Morgan fingerprint density at radius 2 is 1.65 bits per heavy atom. The van der Waals surface area contributed by atoms with Gasteiger partial charge in [0.05, 0.1) is 11.3 Å². The molecule has 2 aromatic heterocycles. The summed E-state index contributed by atoms with van der Waals surface area (Å²) in [5.41, 5.74) is 15.9. The van der Waals surface area contributed by atoms with Crippen molar-refractivity contribution in [1.29, 1.82) is 0 Å². The summed E-state index contributed by atoms with van der Waals surface area (Å²) in [5, 5.41) is 15.6. The van der Waals surface area contributed by atoms with Crippen molar-refractivity contribution < 1.29 is 4.52 Å². The van der Waals surface area contributed by atoms with Gasteiger partial charge in [0.2, 0.25) is 5.88 Å². The SMILES string of the molecule is Cc1ccc(NNc2nc(N3Nc4onc(-c5ccccc5)c4C3c3ccc(Cl)cc3)nnc2C)cc1. The quantitative estimate of drug-likeness (QED) is 0.231. The fourth-order valence-corrected chi connectivity index (χ4v) is 4.35. The summed E-state index contributed by atoms with van der Waals surface area (Å²) in [5.74, 6) is 1.44. The maximum Gasteiger partial charge on any atom is 0.267 e. The van der Waals surface area contributed by atoms with Gasteiger partial charge in [-0.05, 0) is 43.7 Å². The van der Waals surface area contributed by atoms with E-state index in [1.54, 1.807) is 0 Å². The van der Waals surface area contributed by atoms with Crippen LogP contribution in [-0.4, -0.2) is 20.3 Å². The highest BCUT2D eigenvalue weighted by atomic mass is 35.5. The van der Waals surface area contributed by atoms with E-state index in [1.165, 1.54) is 5.56 Å². The van der Waals surface area contributed by atoms with Crippen LogP contribution in [0.2, 0.25) is 5.02 Å². The highest BCUT2D eigenvalue weighted by Gasteiger charge is 2.40. The van der Waals surface area contributed by atoms with Crippen molar-refractivity contribution in [3.05, 3.63) is 106 Å². The summed E-state index contributed by atoms with van der Waals surface area (Å²) in [4.78, 5) is 4.77. The molecule has 0 bridgehead atoms.